The summed E-state index contributed by atoms with van der Waals surface area (Å²) in [5.74, 6) is 0.376. The molecule has 4 nitrogen and oxygen atoms in total. The average Bonchev–Trinajstić information content (AvgIpc) is 2.49. The minimum Gasteiger partial charge on any atom is -0.371 e. The molecular weight excluding hydrogens is 262 g/mol. The van der Waals surface area contributed by atoms with Gasteiger partial charge in [-0.1, -0.05) is 12.1 Å². The predicted molar refractivity (Wildman–Crippen MR) is 76.5 cm³/mol. The highest BCUT2D eigenvalue weighted by Crippen LogP contribution is 2.26. The normalized spacial score (nSPS) is 16.1. The predicted octanol–water partition coefficient (Wildman–Crippen LogP) is 1.90. The number of hydrogen-bond acceptors (Lipinski definition) is 4. The van der Waals surface area contributed by atoms with Crippen molar-refractivity contribution in [1.82, 2.24) is 0 Å². The van der Waals surface area contributed by atoms with Crippen molar-refractivity contribution in [3.05, 3.63) is 29.8 Å². The van der Waals surface area contributed by atoms with Crippen LogP contribution >= 0.6 is 0 Å². The Labute approximate surface area is 114 Å². The van der Waals surface area contributed by atoms with Gasteiger partial charge in [0.15, 0.2) is 5.78 Å². The number of carbonyl (C=O) groups excluding carboxylic acids is 1. The molecule has 104 valence electrons. The number of anilines is 1. The van der Waals surface area contributed by atoms with Gasteiger partial charge in [-0.25, -0.2) is 8.42 Å². The molecule has 1 aromatic carbocycles. The molecule has 0 aromatic heterocycles. The van der Waals surface area contributed by atoms with Gasteiger partial charge in [0.05, 0.1) is 5.75 Å². The fraction of sp³-hybridized carbons (Fsp3) is 0.500. The first kappa shape index (κ1) is 14.1. The number of fused-ring (bicyclic) bond motifs is 1. The molecule has 0 atom stereocenters. The molecule has 0 aliphatic carbocycles. The van der Waals surface area contributed by atoms with E-state index in [1.165, 1.54) is 6.26 Å². The number of carbonyl (C=O) groups is 1. The summed E-state index contributed by atoms with van der Waals surface area (Å²) in [4.78, 5) is 14.1. The first-order valence-electron chi connectivity index (χ1n) is 6.52. The molecule has 1 aliphatic heterocycles. The maximum atomic E-state index is 12.0. The van der Waals surface area contributed by atoms with Crippen LogP contribution in [0.1, 0.15) is 29.6 Å². The molecule has 0 bridgehead atoms. The van der Waals surface area contributed by atoms with E-state index >= 15 is 0 Å². The second-order valence-corrected chi connectivity index (χ2v) is 7.27. The van der Waals surface area contributed by atoms with Gasteiger partial charge in [-0.2, -0.15) is 0 Å². The Hall–Kier alpha value is -1.36. The van der Waals surface area contributed by atoms with Crippen LogP contribution in [0.3, 0.4) is 0 Å². The third kappa shape index (κ3) is 3.80. The highest BCUT2D eigenvalue weighted by molar-refractivity contribution is 7.90. The lowest BCUT2D eigenvalue weighted by Gasteiger charge is -2.24. The molecule has 1 heterocycles. The Morgan fingerprint density at radius 1 is 1.26 bits per heavy atom. The number of nitrogens with zero attached hydrogens (tertiary/aromatic N) is 1. The van der Waals surface area contributed by atoms with Gasteiger partial charge in [0, 0.05) is 37.0 Å². The molecule has 0 unspecified atom stereocenters. The summed E-state index contributed by atoms with van der Waals surface area (Å²) < 4.78 is 22.3. The van der Waals surface area contributed by atoms with Crippen molar-refractivity contribution >= 4 is 21.3 Å². The van der Waals surface area contributed by atoms with Crippen LogP contribution in [0, 0.1) is 0 Å². The summed E-state index contributed by atoms with van der Waals surface area (Å²) in [6, 6.07) is 7.59. The number of para-hydroxylation sites is 1. The molecule has 0 saturated heterocycles. The molecule has 0 saturated carbocycles. The quantitative estimate of drug-likeness (QED) is 0.846. The smallest absolute Gasteiger partial charge is 0.165 e. The fourth-order valence-corrected chi connectivity index (χ4v) is 3.07. The van der Waals surface area contributed by atoms with E-state index in [9.17, 15) is 13.2 Å². The largest absolute Gasteiger partial charge is 0.371 e. The molecule has 0 N–H and O–H groups in total. The van der Waals surface area contributed by atoms with E-state index in [4.69, 9.17) is 0 Å². The Morgan fingerprint density at radius 3 is 2.74 bits per heavy atom. The minimum atomic E-state index is -2.92. The Balaban J connectivity index is 2.13. The minimum absolute atomic E-state index is 0.182. The lowest BCUT2D eigenvalue weighted by Crippen LogP contribution is -2.26. The van der Waals surface area contributed by atoms with Gasteiger partial charge in [-0.05, 0) is 25.0 Å². The molecule has 1 aliphatic rings. The lowest BCUT2D eigenvalue weighted by molar-refractivity contribution is 0.0984. The SMILES string of the molecule is CS(=O)(=O)CCCN1CCCC(=O)c2ccccc21. The molecule has 1 aromatic rings. The summed E-state index contributed by atoms with van der Waals surface area (Å²) in [6.07, 6.45) is 3.25. The van der Waals surface area contributed by atoms with E-state index < -0.39 is 9.84 Å². The van der Waals surface area contributed by atoms with Crippen molar-refractivity contribution in [3.8, 4) is 0 Å². The van der Waals surface area contributed by atoms with Crippen molar-refractivity contribution in [3.63, 3.8) is 0 Å². The van der Waals surface area contributed by atoms with Gasteiger partial charge in [0.2, 0.25) is 0 Å². The number of benzene rings is 1. The van der Waals surface area contributed by atoms with Crippen LogP contribution in [0.25, 0.3) is 0 Å². The molecular formula is C14H19NO3S. The van der Waals surface area contributed by atoms with Crippen molar-refractivity contribution in [2.45, 2.75) is 19.3 Å². The van der Waals surface area contributed by atoms with Gasteiger partial charge in [0.1, 0.15) is 9.84 Å². The highest BCUT2D eigenvalue weighted by atomic mass is 32.2. The maximum absolute atomic E-state index is 12.0. The first-order valence-corrected chi connectivity index (χ1v) is 8.58. The third-order valence-corrected chi connectivity index (χ3v) is 4.35. The Bertz CT molecular complexity index is 566. The van der Waals surface area contributed by atoms with Crippen LogP contribution in [0.2, 0.25) is 0 Å². The topological polar surface area (TPSA) is 54.5 Å². The van der Waals surface area contributed by atoms with Crippen LogP contribution in [0.5, 0.6) is 0 Å². The van der Waals surface area contributed by atoms with E-state index in [0.29, 0.717) is 19.4 Å². The summed E-state index contributed by atoms with van der Waals surface area (Å²) in [5, 5.41) is 0. The van der Waals surface area contributed by atoms with Crippen LogP contribution < -0.4 is 4.90 Å². The van der Waals surface area contributed by atoms with Crippen LogP contribution in [0.15, 0.2) is 24.3 Å². The summed E-state index contributed by atoms with van der Waals surface area (Å²) >= 11 is 0. The van der Waals surface area contributed by atoms with Crippen molar-refractivity contribution < 1.29 is 13.2 Å². The van der Waals surface area contributed by atoms with E-state index in [-0.39, 0.29) is 11.5 Å². The van der Waals surface area contributed by atoms with Gasteiger partial charge in [-0.15, -0.1) is 0 Å². The number of ketones is 1. The van der Waals surface area contributed by atoms with Crippen LogP contribution in [0.4, 0.5) is 5.69 Å². The summed E-state index contributed by atoms with van der Waals surface area (Å²) in [6.45, 7) is 1.49. The third-order valence-electron chi connectivity index (χ3n) is 3.32. The Morgan fingerprint density at radius 2 is 2.00 bits per heavy atom. The second-order valence-electron chi connectivity index (χ2n) is 5.01. The maximum Gasteiger partial charge on any atom is 0.165 e. The molecule has 0 amide bonds. The van der Waals surface area contributed by atoms with Crippen molar-refractivity contribution in [2.75, 3.05) is 30.0 Å². The molecule has 5 heteroatoms. The number of sulfone groups is 1. The van der Waals surface area contributed by atoms with Gasteiger partial charge < -0.3 is 4.90 Å². The summed E-state index contributed by atoms with van der Waals surface area (Å²) in [5.41, 5.74) is 1.71. The fourth-order valence-electron chi connectivity index (χ4n) is 2.42. The molecule has 2 rings (SSSR count). The zero-order valence-electron chi connectivity index (χ0n) is 11.1. The van der Waals surface area contributed by atoms with Crippen molar-refractivity contribution in [1.29, 1.82) is 0 Å². The molecule has 0 spiro atoms. The lowest BCUT2D eigenvalue weighted by atomic mass is 10.1. The van der Waals surface area contributed by atoms with Gasteiger partial charge in [-0.3, -0.25) is 4.79 Å². The molecule has 0 fully saturated rings. The van der Waals surface area contributed by atoms with Crippen LogP contribution in [-0.4, -0.2) is 39.3 Å². The van der Waals surface area contributed by atoms with E-state index in [1.54, 1.807) is 0 Å². The number of Topliss-reactive ketones (excluding diaryl/α,β-unsaturated/α-hetero) is 1. The Kier molecular flexibility index (Phi) is 4.24. The highest BCUT2D eigenvalue weighted by Gasteiger charge is 2.20. The van der Waals surface area contributed by atoms with Gasteiger partial charge in [0.25, 0.3) is 0 Å². The summed E-state index contributed by atoms with van der Waals surface area (Å²) in [7, 11) is -2.92. The van der Waals surface area contributed by atoms with E-state index in [0.717, 1.165) is 24.2 Å². The van der Waals surface area contributed by atoms with Crippen LogP contribution in [-0.2, 0) is 9.84 Å². The molecule has 0 radical (unpaired) electrons. The standard InChI is InChI=1S/C14H19NO3S/c1-19(17,18)11-5-10-15-9-4-8-14(16)12-6-2-3-7-13(12)15/h2-3,6-7H,4-5,8-11H2,1H3. The van der Waals surface area contributed by atoms with Gasteiger partial charge >= 0.3 is 0 Å². The average molecular weight is 281 g/mol. The van der Waals surface area contributed by atoms with E-state index in [1.807, 2.05) is 24.3 Å². The molecule has 19 heavy (non-hydrogen) atoms. The second kappa shape index (κ2) is 5.74. The number of hydrogen-bond donors (Lipinski definition) is 0. The number of rotatable bonds is 4. The zero-order chi connectivity index (χ0) is 13.9. The zero-order valence-corrected chi connectivity index (χ0v) is 11.9. The first-order chi connectivity index (χ1) is 8.97. The monoisotopic (exact) mass is 281 g/mol. The van der Waals surface area contributed by atoms with Crippen molar-refractivity contribution in [2.24, 2.45) is 0 Å². The van der Waals surface area contributed by atoms with E-state index in [2.05, 4.69) is 4.90 Å².